The third-order valence-electron chi connectivity index (χ3n) is 3.05. The largest absolute Gasteiger partial charge is 0.473 e. The van der Waals surface area contributed by atoms with Gasteiger partial charge in [0.05, 0.1) is 11.1 Å². The molecule has 1 aliphatic heterocycles. The van der Waals surface area contributed by atoms with E-state index in [1.165, 1.54) is 24.3 Å². The highest BCUT2D eigenvalue weighted by molar-refractivity contribution is 6.21. The number of amides is 2. The number of carbonyl (C=O) groups is 2. The molecule has 2 aromatic carbocycles. The molecule has 0 aliphatic carbocycles. The Morgan fingerprint density at radius 2 is 1.45 bits per heavy atom. The molecule has 0 radical (unpaired) electrons. The first kappa shape index (κ1) is 12.3. The Bertz CT molecular complexity index is 647. The fraction of sp³-hybridized carbons (Fsp3) is 0.0667. The number of carbonyl (C=O) groups excluding carboxylic acids is 2. The summed E-state index contributed by atoms with van der Waals surface area (Å²) in [5.41, 5.74) is 0.750. The number of fused-ring (bicyclic) bond motifs is 1. The molecule has 0 saturated carbocycles. The highest BCUT2D eigenvalue weighted by Gasteiger charge is 2.35. The van der Waals surface area contributed by atoms with Crippen LogP contribution in [0.15, 0.2) is 48.5 Å². The molecule has 0 bridgehead atoms. The summed E-state index contributed by atoms with van der Waals surface area (Å²) in [5.74, 6) is -0.749. The Hall–Kier alpha value is -2.69. The standard InChI is InChI=1S/C15H10FNO3/c16-10-5-7-11(8-6-10)20-9-17-14(18)12-3-1-2-4-13(12)15(17)19/h1-8H,9H2. The number of benzene rings is 2. The summed E-state index contributed by atoms with van der Waals surface area (Å²) in [4.78, 5) is 25.1. The van der Waals surface area contributed by atoms with Gasteiger partial charge in [0, 0.05) is 0 Å². The molecule has 0 atom stereocenters. The van der Waals surface area contributed by atoms with Crippen molar-refractivity contribution in [2.75, 3.05) is 6.73 Å². The van der Waals surface area contributed by atoms with Gasteiger partial charge in [0.25, 0.3) is 11.8 Å². The lowest BCUT2D eigenvalue weighted by Crippen LogP contribution is -2.33. The van der Waals surface area contributed by atoms with Crippen LogP contribution in [-0.4, -0.2) is 23.4 Å². The van der Waals surface area contributed by atoms with Crippen LogP contribution in [0, 0.1) is 5.82 Å². The van der Waals surface area contributed by atoms with Gasteiger partial charge in [0.1, 0.15) is 11.6 Å². The van der Waals surface area contributed by atoms with Gasteiger partial charge in [-0.05, 0) is 36.4 Å². The quantitative estimate of drug-likeness (QED) is 0.806. The first-order valence-electron chi connectivity index (χ1n) is 6.00. The van der Waals surface area contributed by atoms with Crippen LogP contribution in [0.3, 0.4) is 0 Å². The lowest BCUT2D eigenvalue weighted by molar-refractivity contribution is 0.0522. The maximum atomic E-state index is 12.8. The number of rotatable bonds is 3. The molecule has 5 heteroatoms. The number of nitrogens with zero attached hydrogens (tertiary/aromatic N) is 1. The van der Waals surface area contributed by atoms with Crippen molar-refractivity contribution in [3.8, 4) is 5.75 Å². The molecule has 100 valence electrons. The van der Waals surface area contributed by atoms with E-state index in [1.54, 1.807) is 24.3 Å². The Morgan fingerprint density at radius 1 is 0.900 bits per heavy atom. The Kier molecular flexibility index (Phi) is 2.95. The zero-order chi connectivity index (χ0) is 14.1. The van der Waals surface area contributed by atoms with Crippen LogP contribution in [0.25, 0.3) is 0 Å². The number of hydrogen-bond donors (Lipinski definition) is 0. The van der Waals surface area contributed by atoms with Crippen LogP contribution in [-0.2, 0) is 0 Å². The van der Waals surface area contributed by atoms with E-state index in [2.05, 4.69) is 0 Å². The van der Waals surface area contributed by atoms with Gasteiger partial charge in [0.2, 0.25) is 0 Å². The molecule has 0 N–H and O–H groups in total. The molecular weight excluding hydrogens is 261 g/mol. The van der Waals surface area contributed by atoms with Gasteiger partial charge in [-0.2, -0.15) is 0 Å². The molecule has 0 saturated heterocycles. The van der Waals surface area contributed by atoms with Crippen molar-refractivity contribution in [2.45, 2.75) is 0 Å². The van der Waals surface area contributed by atoms with Crippen molar-refractivity contribution < 1.29 is 18.7 Å². The second-order valence-corrected chi connectivity index (χ2v) is 4.31. The summed E-state index contributed by atoms with van der Waals surface area (Å²) < 4.78 is 18.1. The van der Waals surface area contributed by atoms with Crippen LogP contribution in [0.2, 0.25) is 0 Å². The van der Waals surface area contributed by atoms with Gasteiger partial charge < -0.3 is 4.74 Å². The van der Waals surface area contributed by atoms with E-state index in [1.807, 2.05) is 0 Å². The maximum Gasteiger partial charge on any atom is 0.264 e. The number of halogens is 1. The molecule has 2 aromatic rings. The van der Waals surface area contributed by atoms with Crippen molar-refractivity contribution in [1.82, 2.24) is 4.90 Å². The molecule has 3 rings (SSSR count). The minimum atomic E-state index is -0.382. The lowest BCUT2D eigenvalue weighted by atomic mass is 10.1. The molecule has 4 nitrogen and oxygen atoms in total. The summed E-state index contributed by atoms with van der Waals surface area (Å²) in [6.45, 7) is -0.196. The predicted octanol–water partition coefficient (Wildman–Crippen LogP) is 2.46. The maximum absolute atomic E-state index is 12.8. The highest BCUT2D eigenvalue weighted by Crippen LogP contribution is 2.22. The number of imide groups is 1. The Labute approximate surface area is 114 Å². The molecule has 0 unspecified atom stereocenters. The molecule has 0 spiro atoms. The van der Waals surface area contributed by atoms with E-state index in [4.69, 9.17) is 4.74 Å². The highest BCUT2D eigenvalue weighted by atomic mass is 19.1. The van der Waals surface area contributed by atoms with Crippen molar-refractivity contribution in [3.05, 3.63) is 65.5 Å². The normalized spacial score (nSPS) is 13.6. The van der Waals surface area contributed by atoms with Crippen LogP contribution in [0.4, 0.5) is 4.39 Å². The second kappa shape index (κ2) is 4.77. The van der Waals surface area contributed by atoms with Crippen molar-refractivity contribution in [3.63, 3.8) is 0 Å². The van der Waals surface area contributed by atoms with E-state index in [9.17, 15) is 14.0 Å². The minimum Gasteiger partial charge on any atom is -0.473 e. The molecule has 20 heavy (non-hydrogen) atoms. The van der Waals surface area contributed by atoms with Gasteiger partial charge >= 0.3 is 0 Å². The van der Waals surface area contributed by atoms with E-state index >= 15 is 0 Å². The summed E-state index contributed by atoms with van der Waals surface area (Å²) in [6.07, 6.45) is 0. The van der Waals surface area contributed by atoms with E-state index in [-0.39, 0.29) is 24.4 Å². The molecule has 2 amide bonds. The lowest BCUT2D eigenvalue weighted by Gasteiger charge is -2.14. The average molecular weight is 271 g/mol. The third kappa shape index (κ3) is 2.03. The average Bonchev–Trinajstić information content (AvgIpc) is 2.71. The van der Waals surface area contributed by atoms with Crippen molar-refractivity contribution >= 4 is 11.8 Å². The zero-order valence-electron chi connectivity index (χ0n) is 10.4. The van der Waals surface area contributed by atoms with Crippen LogP contribution in [0.5, 0.6) is 5.75 Å². The predicted molar refractivity (Wildman–Crippen MR) is 68.8 cm³/mol. The third-order valence-corrected chi connectivity index (χ3v) is 3.05. The summed E-state index contributed by atoms with van der Waals surface area (Å²) >= 11 is 0. The first-order valence-corrected chi connectivity index (χ1v) is 6.00. The van der Waals surface area contributed by atoms with E-state index < -0.39 is 0 Å². The van der Waals surface area contributed by atoms with Crippen LogP contribution < -0.4 is 4.74 Å². The SMILES string of the molecule is O=C1c2ccccc2C(=O)N1COc1ccc(F)cc1. The summed E-state index contributed by atoms with van der Waals surface area (Å²) in [7, 11) is 0. The van der Waals surface area contributed by atoms with Crippen LogP contribution in [0.1, 0.15) is 20.7 Å². The topological polar surface area (TPSA) is 46.6 Å². The van der Waals surface area contributed by atoms with Gasteiger partial charge in [0.15, 0.2) is 6.73 Å². The van der Waals surface area contributed by atoms with Gasteiger partial charge in [-0.3, -0.25) is 9.59 Å². The molecule has 0 fully saturated rings. The second-order valence-electron chi connectivity index (χ2n) is 4.31. The van der Waals surface area contributed by atoms with E-state index in [0.29, 0.717) is 16.9 Å². The monoisotopic (exact) mass is 271 g/mol. The number of ether oxygens (including phenoxy) is 1. The van der Waals surface area contributed by atoms with E-state index in [0.717, 1.165) is 4.90 Å². The molecular formula is C15H10FNO3. The van der Waals surface area contributed by atoms with Crippen molar-refractivity contribution in [2.24, 2.45) is 0 Å². The Morgan fingerprint density at radius 3 is 2.00 bits per heavy atom. The summed E-state index contributed by atoms with van der Waals surface area (Å²) in [5, 5.41) is 0. The number of hydrogen-bond acceptors (Lipinski definition) is 3. The Balaban J connectivity index is 1.75. The fourth-order valence-corrected chi connectivity index (χ4v) is 2.03. The minimum absolute atomic E-state index is 0.196. The fourth-order valence-electron chi connectivity index (χ4n) is 2.03. The summed E-state index contributed by atoms with van der Waals surface area (Å²) in [6, 6.07) is 12.0. The molecule has 0 aromatic heterocycles. The first-order chi connectivity index (χ1) is 9.66. The molecule has 1 heterocycles. The molecule has 1 aliphatic rings. The van der Waals surface area contributed by atoms with Gasteiger partial charge in [-0.15, -0.1) is 0 Å². The van der Waals surface area contributed by atoms with Gasteiger partial charge in [-0.25, -0.2) is 9.29 Å². The van der Waals surface area contributed by atoms with Gasteiger partial charge in [-0.1, -0.05) is 12.1 Å². The van der Waals surface area contributed by atoms with Crippen LogP contribution >= 0.6 is 0 Å². The van der Waals surface area contributed by atoms with Crippen molar-refractivity contribution in [1.29, 1.82) is 0 Å². The smallest absolute Gasteiger partial charge is 0.264 e. The zero-order valence-corrected chi connectivity index (χ0v) is 10.4.